The van der Waals surface area contributed by atoms with Crippen LogP contribution in [-0.2, 0) is 24.8 Å². The van der Waals surface area contributed by atoms with Gasteiger partial charge in [0.15, 0.2) is 0 Å². The summed E-state index contributed by atoms with van der Waals surface area (Å²) < 4.78 is 2.49. The highest BCUT2D eigenvalue weighted by atomic mass is 16.2. The SMILES string of the molecule is Cn1cnn(CC(=O)NCC2NCCc3ccccc32)c1=O. The molecule has 0 bridgehead atoms. The number of carbonyl (C=O) groups excluding carboxylic acids is 1. The molecule has 1 aromatic carbocycles. The van der Waals surface area contributed by atoms with Crippen LogP contribution in [0.15, 0.2) is 35.4 Å². The second kappa shape index (κ2) is 6.15. The summed E-state index contributed by atoms with van der Waals surface area (Å²) in [5, 5.41) is 10.2. The van der Waals surface area contributed by atoms with Gasteiger partial charge in [-0.25, -0.2) is 9.48 Å². The van der Waals surface area contributed by atoms with Gasteiger partial charge >= 0.3 is 5.69 Å². The van der Waals surface area contributed by atoms with Gasteiger partial charge in [0, 0.05) is 19.6 Å². The van der Waals surface area contributed by atoms with Crippen molar-refractivity contribution >= 4 is 5.91 Å². The number of nitrogens with one attached hydrogen (secondary N) is 2. The van der Waals surface area contributed by atoms with Gasteiger partial charge in [-0.15, -0.1) is 0 Å². The van der Waals surface area contributed by atoms with Crippen molar-refractivity contribution in [2.75, 3.05) is 13.1 Å². The molecule has 116 valence electrons. The molecule has 7 heteroatoms. The van der Waals surface area contributed by atoms with Crippen molar-refractivity contribution in [1.29, 1.82) is 0 Å². The number of fused-ring (bicyclic) bond motifs is 1. The number of hydrogen-bond donors (Lipinski definition) is 2. The number of amides is 1. The first-order valence-electron chi connectivity index (χ1n) is 7.31. The zero-order valence-electron chi connectivity index (χ0n) is 12.5. The van der Waals surface area contributed by atoms with Crippen LogP contribution in [0.5, 0.6) is 0 Å². The molecule has 1 aromatic heterocycles. The fourth-order valence-corrected chi connectivity index (χ4v) is 2.71. The van der Waals surface area contributed by atoms with E-state index < -0.39 is 0 Å². The lowest BCUT2D eigenvalue weighted by Gasteiger charge is -2.27. The van der Waals surface area contributed by atoms with Gasteiger partial charge in [0.05, 0.1) is 0 Å². The van der Waals surface area contributed by atoms with Crippen LogP contribution in [-0.4, -0.2) is 33.3 Å². The molecule has 3 rings (SSSR count). The van der Waals surface area contributed by atoms with E-state index in [-0.39, 0.29) is 24.2 Å². The quantitative estimate of drug-likeness (QED) is 0.804. The van der Waals surface area contributed by atoms with Crippen LogP contribution < -0.4 is 16.3 Å². The third-order valence-electron chi connectivity index (χ3n) is 3.90. The van der Waals surface area contributed by atoms with Gasteiger partial charge in [0.25, 0.3) is 0 Å². The Morgan fingerprint density at radius 2 is 2.27 bits per heavy atom. The summed E-state index contributed by atoms with van der Waals surface area (Å²) in [6, 6.07) is 8.36. The molecule has 7 nitrogen and oxygen atoms in total. The molecule has 1 atom stereocenters. The third kappa shape index (κ3) is 2.94. The van der Waals surface area contributed by atoms with Crippen molar-refractivity contribution < 1.29 is 4.79 Å². The number of aryl methyl sites for hydroxylation is 1. The zero-order chi connectivity index (χ0) is 15.5. The summed E-state index contributed by atoms with van der Waals surface area (Å²) in [4.78, 5) is 23.6. The molecule has 1 unspecified atom stereocenters. The van der Waals surface area contributed by atoms with E-state index in [4.69, 9.17) is 0 Å². The minimum absolute atomic E-state index is 0.0615. The average Bonchev–Trinajstić information content (AvgIpc) is 2.85. The Bertz CT molecular complexity index is 734. The molecule has 1 aliphatic heterocycles. The van der Waals surface area contributed by atoms with Crippen molar-refractivity contribution in [3.63, 3.8) is 0 Å². The summed E-state index contributed by atoms with van der Waals surface area (Å²) in [6.45, 7) is 1.34. The molecule has 0 fully saturated rings. The lowest BCUT2D eigenvalue weighted by molar-refractivity contribution is -0.122. The predicted molar refractivity (Wildman–Crippen MR) is 81.4 cm³/mol. The van der Waals surface area contributed by atoms with E-state index in [0.29, 0.717) is 6.54 Å². The van der Waals surface area contributed by atoms with E-state index in [0.717, 1.165) is 17.6 Å². The molecule has 22 heavy (non-hydrogen) atoms. The Morgan fingerprint density at radius 3 is 3.05 bits per heavy atom. The van der Waals surface area contributed by atoms with Gasteiger partial charge in [-0.3, -0.25) is 9.36 Å². The Labute approximate surface area is 127 Å². The number of benzene rings is 1. The van der Waals surface area contributed by atoms with E-state index in [2.05, 4.69) is 27.9 Å². The molecule has 0 spiro atoms. The van der Waals surface area contributed by atoms with Crippen LogP contribution in [0.2, 0.25) is 0 Å². The minimum Gasteiger partial charge on any atom is -0.353 e. The van der Waals surface area contributed by atoms with E-state index >= 15 is 0 Å². The fraction of sp³-hybridized carbons (Fsp3) is 0.400. The lowest BCUT2D eigenvalue weighted by Crippen LogP contribution is -2.40. The first kappa shape index (κ1) is 14.5. The van der Waals surface area contributed by atoms with Crippen molar-refractivity contribution in [2.24, 2.45) is 7.05 Å². The molecule has 2 N–H and O–H groups in total. The van der Waals surface area contributed by atoms with E-state index in [1.165, 1.54) is 22.0 Å². The van der Waals surface area contributed by atoms with Crippen LogP contribution in [0.25, 0.3) is 0 Å². The van der Waals surface area contributed by atoms with Crippen LogP contribution in [0, 0.1) is 0 Å². The van der Waals surface area contributed by atoms with Crippen molar-refractivity contribution in [3.05, 3.63) is 52.2 Å². The van der Waals surface area contributed by atoms with Crippen molar-refractivity contribution in [2.45, 2.75) is 19.0 Å². The minimum atomic E-state index is -0.295. The molecule has 2 aromatic rings. The summed E-state index contributed by atoms with van der Waals surface area (Å²) in [5.74, 6) is -0.217. The van der Waals surface area contributed by atoms with Crippen LogP contribution >= 0.6 is 0 Å². The maximum Gasteiger partial charge on any atom is 0.345 e. The smallest absolute Gasteiger partial charge is 0.345 e. The van der Waals surface area contributed by atoms with Gasteiger partial charge < -0.3 is 10.6 Å². The van der Waals surface area contributed by atoms with Crippen molar-refractivity contribution in [3.8, 4) is 0 Å². The number of nitrogens with zero attached hydrogens (tertiary/aromatic N) is 3. The number of hydrogen-bond acceptors (Lipinski definition) is 4. The summed E-state index contributed by atoms with van der Waals surface area (Å²) >= 11 is 0. The highest BCUT2D eigenvalue weighted by molar-refractivity contribution is 5.75. The van der Waals surface area contributed by atoms with Crippen LogP contribution in [0.3, 0.4) is 0 Å². The summed E-state index contributed by atoms with van der Waals surface area (Å²) in [7, 11) is 1.60. The Morgan fingerprint density at radius 1 is 1.45 bits per heavy atom. The number of carbonyl (C=O) groups is 1. The monoisotopic (exact) mass is 301 g/mol. The lowest BCUT2D eigenvalue weighted by atomic mass is 9.94. The highest BCUT2D eigenvalue weighted by Crippen LogP contribution is 2.21. The number of rotatable bonds is 4. The molecule has 0 saturated carbocycles. The largest absolute Gasteiger partial charge is 0.353 e. The standard InChI is InChI=1S/C15H19N5O2/c1-19-10-18-20(15(19)22)9-14(21)17-8-13-12-5-3-2-4-11(12)6-7-16-13/h2-5,10,13,16H,6-9H2,1H3,(H,17,21). The molecule has 2 heterocycles. The van der Waals surface area contributed by atoms with Crippen molar-refractivity contribution in [1.82, 2.24) is 25.0 Å². The molecular weight excluding hydrogens is 282 g/mol. The normalized spacial score (nSPS) is 17.0. The molecule has 1 aliphatic rings. The maximum atomic E-state index is 12.0. The molecule has 0 aliphatic carbocycles. The Kier molecular flexibility index (Phi) is 4.06. The Balaban J connectivity index is 1.60. The number of aromatic nitrogens is 3. The summed E-state index contributed by atoms with van der Waals surface area (Å²) in [5.41, 5.74) is 2.25. The molecule has 0 saturated heterocycles. The van der Waals surface area contributed by atoms with E-state index in [1.54, 1.807) is 7.05 Å². The van der Waals surface area contributed by atoms with E-state index in [1.807, 2.05) is 12.1 Å². The highest BCUT2D eigenvalue weighted by Gasteiger charge is 2.19. The first-order chi connectivity index (χ1) is 10.6. The van der Waals surface area contributed by atoms with Gasteiger partial charge in [0.1, 0.15) is 12.9 Å². The average molecular weight is 301 g/mol. The predicted octanol–water partition coefficient (Wildman–Crippen LogP) is -0.415. The maximum absolute atomic E-state index is 12.0. The molecule has 1 amide bonds. The zero-order valence-corrected chi connectivity index (χ0v) is 12.5. The molecular formula is C15H19N5O2. The van der Waals surface area contributed by atoms with Gasteiger partial charge in [-0.1, -0.05) is 24.3 Å². The van der Waals surface area contributed by atoms with Crippen LogP contribution in [0.1, 0.15) is 17.2 Å². The van der Waals surface area contributed by atoms with Gasteiger partial charge in [-0.05, 0) is 24.1 Å². The fourth-order valence-electron chi connectivity index (χ4n) is 2.71. The second-order valence-electron chi connectivity index (χ2n) is 5.44. The third-order valence-corrected chi connectivity index (χ3v) is 3.90. The first-order valence-corrected chi connectivity index (χ1v) is 7.31. The summed E-state index contributed by atoms with van der Waals surface area (Å²) in [6.07, 6.45) is 2.40. The van der Waals surface area contributed by atoms with Gasteiger partial charge in [-0.2, -0.15) is 5.10 Å². The topological polar surface area (TPSA) is 81.0 Å². The van der Waals surface area contributed by atoms with E-state index in [9.17, 15) is 9.59 Å². The van der Waals surface area contributed by atoms with Gasteiger partial charge in [0.2, 0.25) is 5.91 Å². The van der Waals surface area contributed by atoms with Crippen LogP contribution in [0.4, 0.5) is 0 Å². The Hall–Kier alpha value is -2.41. The molecule has 0 radical (unpaired) electrons. The second-order valence-corrected chi connectivity index (χ2v) is 5.44.